The molecule has 96 valence electrons. The lowest BCUT2D eigenvalue weighted by molar-refractivity contribution is -0.138. The number of carboxylic acid groups (broad SMARTS) is 1. The van der Waals surface area contributed by atoms with Crippen LogP contribution in [0.25, 0.3) is 0 Å². The van der Waals surface area contributed by atoms with Crippen molar-refractivity contribution in [3.8, 4) is 0 Å². The maximum Gasteiger partial charge on any atom is 0.305 e. The van der Waals surface area contributed by atoms with Crippen LogP contribution in [0.5, 0.6) is 0 Å². The molecule has 0 saturated carbocycles. The summed E-state index contributed by atoms with van der Waals surface area (Å²) in [7, 11) is 0. The molecule has 17 heavy (non-hydrogen) atoms. The van der Waals surface area contributed by atoms with E-state index in [0.717, 1.165) is 0 Å². The van der Waals surface area contributed by atoms with Crippen LogP contribution >= 0.6 is 11.8 Å². The molecule has 2 amide bonds. The molecule has 1 fully saturated rings. The third-order valence-corrected chi connectivity index (χ3v) is 3.38. The number of amides is 2. The monoisotopic (exact) mass is 260 g/mol. The van der Waals surface area contributed by atoms with Crippen LogP contribution in [0.2, 0.25) is 0 Å². The number of carboxylic acids is 1. The van der Waals surface area contributed by atoms with Gasteiger partial charge in [-0.3, -0.25) is 14.4 Å². The summed E-state index contributed by atoms with van der Waals surface area (Å²) in [5, 5.41) is 11.3. The highest BCUT2D eigenvalue weighted by molar-refractivity contribution is 8.00. The van der Waals surface area contributed by atoms with Gasteiger partial charge < -0.3 is 15.3 Å². The standard InChI is InChI=1S/C10H16N2O4S/c1-2-7(3-10(15)16)11-8(13)4-12-6-17-5-9(12)14/h7H,2-6H2,1H3,(H,11,13)(H,15,16). The van der Waals surface area contributed by atoms with Gasteiger partial charge in [0.1, 0.15) is 6.54 Å². The van der Waals surface area contributed by atoms with Crippen LogP contribution < -0.4 is 5.32 Å². The third-order valence-electron chi connectivity index (χ3n) is 2.44. The second-order valence-corrected chi connectivity index (χ2v) is 4.79. The zero-order valence-corrected chi connectivity index (χ0v) is 10.5. The van der Waals surface area contributed by atoms with Crippen molar-refractivity contribution in [1.82, 2.24) is 10.2 Å². The van der Waals surface area contributed by atoms with Crippen LogP contribution in [0.4, 0.5) is 0 Å². The highest BCUT2D eigenvalue weighted by Crippen LogP contribution is 2.14. The fourth-order valence-corrected chi connectivity index (χ4v) is 2.40. The first-order valence-corrected chi connectivity index (χ1v) is 6.55. The quantitative estimate of drug-likeness (QED) is 0.696. The number of nitrogens with one attached hydrogen (secondary N) is 1. The van der Waals surface area contributed by atoms with Gasteiger partial charge in [0, 0.05) is 6.04 Å². The smallest absolute Gasteiger partial charge is 0.305 e. The van der Waals surface area contributed by atoms with Crippen LogP contribution in [0.1, 0.15) is 19.8 Å². The molecule has 1 unspecified atom stereocenters. The molecular weight excluding hydrogens is 244 g/mol. The maximum absolute atomic E-state index is 11.6. The average Bonchev–Trinajstić information content (AvgIpc) is 2.62. The topological polar surface area (TPSA) is 86.7 Å². The zero-order chi connectivity index (χ0) is 12.8. The fourth-order valence-electron chi connectivity index (χ4n) is 1.50. The van der Waals surface area contributed by atoms with E-state index in [1.54, 1.807) is 0 Å². The van der Waals surface area contributed by atoms with E-state index in [0.29, 0.717) is 18.1 Å². The molecule has 0 aromatic rings. The highest BCUT2D eigenvalue weighted by atomic mass is 32.2. The summed E-state index contributed by atoms with van der Waals surface area (Å²) >= 11 is 1.47. The second-order valence-electron chi connectivity index (χ2n) is 3.84. The van der Waals surface area contributed by atoms with Gasteiger partial charge in [-0.2, -0.15) is 0 Å². The van der Waals surface area contributed by atoms with E-state index < -0.39 is 5.97 Å². The van der Waals surface area contributed by atoms with Crippen molar-refractivity contribution in [1.29, 1.82) is 0 Å². The molecule has 0 aromatic heterocycles. The molecule has 1 rings (SSSR count). The summed E-state index contributed by atoms with van der Waals surface area (Å²) < 4.78 is 0. The van der Waals surface area contributed by atoms with Gasteiger partial charge in [-0.05, 0) is 6.42 Å². The Morgan fingerprint density at radius 1 is 1.59 bits per heavy atom. The molecule has 0 radical (unpaired) electrons. The largest absolute Gasteiger partial charge is 0.481 e. The van der Waals surface area contributed by atoms with E-state index in [1.807, 2.05) is 6.92 Å². The minimum atomic E-state index is -0.940. The van der Waals surface area contributed by atoms with Crippen LogP contribution in [0.15, 0.2) is 0 Å². The number of nitrogens with zero attached hydrogens (tertiary/aromatic N) is 1. The van der Waals surface area contributed by atoms with Gasteiger partial charge >= 0.3 is 5.97 Å². The van der Waals surface area contributed by atoms with Crippen molar-refractivity contribution in [2.75, 3.05) is 18.2 Å². The number of thioether (sulfide) groups is 1. The molecule has 0 bridgehead atoms. The number of hydrogen-bond donors (Lipinski definition) is 2. The van der Waals surface area contributed by atoms with Gasteiger partial charge in [0.25, 0.3) is 0 Å². The van der Waals surface area contributed by atoms with E-state index in [1.165, 1.54) is 16.7 Å². The zero-order valence-electron chi connectivity index (χ0n) is 9.64. The second kappa shape index (κ2) is 6.48. The van der Waals surface area contributed by atoms with Crippen molar-refractivity contribution >= 4 is 29.5 Å². The molecule has 1 heterocycles. The number of carbonyl (C=O) groups excluding carboxylic acids is 2. The van der Waals surface area contributed by atoms with E-state index in [-0.39, 0.29) is 30.8 Å². The van der Waals surface area contributed by atoms with Crippen LogP contribution in [-0.4, -0.2) is 52.0 Å². The molecule has 0 aliphatic carbocycles. The Bertz CT molecular complexity index is 321. The summed E-state index contributed by atoms with van der Waals surface area (Å²) in [5.74, 6) is -0.336. The minimum absolute atomic E-state index is 0.0158. The number of hydrogen-bond acceptors (Lipinski definition) is 4. The summed E-state index contributed by atoms with van der Waals surface area (Å²) in [6.07, 6.45) is 0.464. The average molecular weight is 260 g/mol. The Morgan fingerprint density at radius 2 is 2.29 bits per heavy atom. The summed E-state index contributed by atoms with van der Waals surface area (Å²) in [6.45, 7) is 1.83. The van der Waals surface area contributed by atoms with E-state index in [2.05, 4.69) is 5.32 Å². The van der Waals surface area contributed by atoms with Gasteiger partial charge in [-0.1, -0.05) is 6.92 Å². The molecule has 1 aliphatic rings. The van der Waals surface area contributed by atoms with Gasteiger partial charge in [-0.25, -0.2) is 0 Å². The summed E-state index contributed by atoms with van der Waals surface area (Å²) in [5.41, 5.74) is 0. The van der Waals surface area contributed by atoms with E-state index >= 15 is 0 Å². The first-order chi connectivity index (χ1) is 8.02. The number of aliphatic carboxylic acids is 1. The molecule has 0 aromatic carbocycles. The van der Waals surface area contributed by atoms with Gasteiger partial charge in [-0.15, -0.1) is 11.8 Å². The lowest BCUT2D eigenvalue weighted by Gasteiger charge is -2.18. The SMILES string of the molecule is CCC(CC(=O)O)NC(=O)CN1CSCC1=O. The Morgan fingerprint density at radius 3 is 2.76 bits per heavy atom. The Kier molecular flexibility index (Phi) is 5.27. The van der Waals surface area contributed by atoms with E-state index in [4.69, 9.17) is 5.11 Å². The van der Waals surface area contributed by atoms with Crippen LogP contribution in [0.3, 0.4) is 0 Å². The third kappa shape index (κ3) is 4.64. The van der Waals surface area contributed by atoms with Crippen molar-refractivity contribution in [3.63, 3.8) is 0 Å². The first-order valence-electron chi connectivity index (χ1n) is 5.39. The lowest BCUT2D eigenvalue weighted by Crippen LogP contribution is -2.43. The Labute approximate surface area is 104 Å². The Balaban J connectivity index is 2.36. The predicted molar refractivity (Wildman–Crippen MR) is 63.5 cm³/mol. The first kappa shape index (κ1) is 13.8. The molecule has 6 nitrogen and oxygen atoms in total. The van der Waals surface area contributed by atoms with Gasteiger partial charge in [0.05, 0.1) is 18.1 Å². The van der Waals surface area contributed by atoms with Crippen molar-refractivity contribution in [3.05, 3.63) is 0 Å². The molecule has 1 saturated heterocycles. The lowest BCUT2D eigenvalue weighted by atomic mass is 10.1. The van der Waals surface area contributed by atoms with Crippen molar-refractivity contribution in [2.24, 2.45) is 0 Å². The normalized spacial score (nSPS) is 17.0. The minimum Gasteiger partial charge on any atom is -0.481 e. The van der Waals surface area contributed by atoms with Crippen molar-refractivity contribution in [2.45, 2.75) is 25.8 Å². The molecule has 1 atom stereocenters. The predicted octanol–water partition coefficient (Wildman–Crippen LogP) is -0.111. The highest BCUT2D eigenvalue weighted by Gasteiger charge is 2.24. The number of rotatable bonds is 6. The van der Waals surface area contributed by atoms with Crippen LogP contribution in [-0.2, 0) is 14.4 Å². The molecule has 0 spiro atoms. The molecule has 2 N–H and O–H groups in total. The van der Waals surface area contributed by atoms with Gasteiger partial charge in [0.15, 0.2) is 0 Å². The fraction of sp³-hybridized carbons (Fsp3) is 0.700. The molecule has 1 aliphatic heterocycles. The molecular formula is C10H16N2O4S. The van der Waals surface area contributed by atoms with E-state index in [9.17, 15) is 14.4 Å². The number of carbonyl (C=O) groups is 3. The molecule has 7 heteroatoms. The maximum atomic E-state index is 11.6. The van der Waals surface area contributed by atoms with Crippen LogP contribution in [0, 0.1) is 0 Å². The van der Waals surface area contributed by atoms with Crippen molar-refractivity contribution < 1.29 is 19.5 Å². The van der Waals surface area contributed by atoms with Gasteiger partial charge in [0.2, 0.25) is 11.8 Å². The summed E-state index contributed by atoms with van der Waals surface area (Å²) in [4.78, 5) is 34.9. The Hall–Kier alpha value is -1.24. The summed E-state index contributed by atoms with van der Waals surface area (Å²) in [6, 6.07) is -0.370.